The summed E-state index contributed by atoms with van der Waals surface area (Å²) in [6.07, 6.45) is 5.79. The Morgan fingerprint density at radius 2 is 2.40 bits per heavy atom. The summed E-state index contributed by atoms with van der Waals surface area (Å²) in [6, 6.07) is 11.3. The topological polar surface area (TPSA) is 33.6 Å². The third kappa shape index (κ3) is 1.52. The molecule has 0 fully saturated rings. The first-order chi connectivity index (χ1) is 7.42. The van der Waals surface area contributed by atoms with Crippen molar-refractivity contribution in [2.45, 2.75) is 6.54 Å². The number of nitrogens with zero attached hydrogens (tertiary/aromatic N) is 2. The lowest BCUT2D eigenvalue weighted by Gasteiger charge is -2.02. The van der Waals surface area contributed by atoms with E-state index in [9.17, 15) is 0 Å². The molecule has 0 saturated heterocycles. The summed E-state index contributed by atoms with van der Waals surface area (Å²) in [5.41, 5.74) is 2.35. The Kier molecular flexibility index (Phi) is 1.81. The first-order valence-electron chi connectivity index (χ1n) is 4.86. The van der Waals surface area contributed by atoms with Crippen LogP contribution in [0.3, 0.4) is 0 Å². The van der Waals surface area contributed by atoms with Gasteiger partial charge in [0.05, 0.1) is 11.7 Å². The van der Waals surface area contributed by atoms with Crippen molar-refractivity contribution in [2.24, 2.45) is 0 Å². The molecule has 73 valence electrons. The summed E-state index contributed by atoms with van der Waals surface area (Å²) in [4.78, 5) is 0. The monoisotopic (exact) mass is 196 g/mol. The lowest BCUT2D eigenvalue weighted by atomic mass is 10.2. The van der Waals surface area contributed by atoms with E-state index >= 15 is 0 Å². The van der Waals surface area contributed by atoms with E-state index < -0.39 is 0 Å². The largest absolute Gasteiger partial charge is 0.349 e. The molecule has 0 amide bonds. The summed E-state index contributed by atoms with van der Waals surface area (Å²) in [6.45, 7) is 0.873. The van der Waals surface area contributed by atoms with Gasteiger partial charge in [-0.1, -0.05) is 12.1 Å². The van der Waals surface area contributed by atoms with Crippen LogP contribution >= 0.6 is 0 Å². The summed E-state index contributed by atoms with van der Waals surface area (Å²) >= 11 is 0. The van der Waals surface area contributed by atoms with E-state index in [2.05, 4.69) is 39.0 Å². The molecule has 3 aromatic rings. The van der Waals surface area contributed by atoms with E-state index in [1.54, 1.807) is 0 Å². The Morgan fingerprint density at radius 3 is 3.27 bits per heavy atom. The highest BCUT2D eigenvalue weighted by Gasteiger charge is 1.98. The molecule has 1 aromatic carbocycles. The van der Waals surface area contributed by atoms with Gasteiger partial charge in [-0.2, -0.15) is 5.10 Å². The average molecular weight is 196 g/mol. The molecule has 0 atom stereocenters. The molecule has 3 nitrogen and oxygen atoms in total. The van der Waals surface area contributed by atoms with Crippen LogP contribution in [-0.2, 0) is 6.54 Å². The van der Waals surface area contributed by atoms with Gasteiger partial charge in [0, 0.05) is 30.4 Å². The number of hydrogen-bond acceptors (Lipinski definition) is 1. The lowest BCUT2D eigenvalue weighted by molar-refractivity contribution is 0.807. The molecule has 0 aliphatic carbocycles. The maximum absolute atomic E-state index is 4.00. The van der Waals surface area contributed by atoms with Crippen molar-refractivity contribution < 1.29 is 0 Å². The van der Waals surface area contributed by atoms with E-state index in [-0.39, 0.29) is 0 Å². The van der Waals surface area contributed by atoms with Crippen molar-refractivity contribution in [2.75, 3.05) is 0 Å². The maximum atomic E-state index is 4.00. The highest BCUT2D eigenvalue weighted by molar-refractivity contribution is 5.78. The zero-order valence-electron chi connectivity index (χ0n) is 8.14. The van der Waals surface area contributed by atoms with Gasteiger partial charge in [0.15, 0.2) is 0 Å². The molecule has 2 aromatic heterocycles. The Labute approximate surface area is 87.4 Å². The van der Waals surface area contributed by atoms with Crippen LogP contribution in [0.5, 0.6) is 0 Å². The second-order valence-electron chi connectivity index (χ2n) is 3.58. The van der Waals surface area contributed by atoms with Gasteiger partial charge >= 0.3 is 0 Å². The van der Waals surface area contributed by atoms with E-state index in [1.165, 1.54) is 5.56 Å². The minimum absolute atomic E-state index is 0.873. The van der Waals surface area contributed by atoms with Crippen LogP contribution in [0, 0.1) is 6.07 Å². The van der Waals surface area contributed by atoms with E-state index in [1.807, 2.05) is 24.7 Å². The number of nitrogens with one attached hydrogen (secondary N) is 1. The highest BCUT2D eigenvalue weighted by Crippen LogP contribution is 2.13. The molecule has 1 radical (unpaired) electrons. The number of H-pyrrole nitrogens is 1. The molecule has 1 N–H and O–H groups in total. The van der Waals surface area contributed by atoms with Crippen molar-refractivity contribution in [3.05, 3.63) is 54.5 Å². The molecule has 3 heteroatoms. The van der Waals surface area contributed by atoms with Crippen LogP contribution in [0.1, 0.15) is 5.56 Å². The van der Waals surface area contributed by atoms with Crippen LogP contribution in [0.15, 0.2) is 42.9 Å². The third-order valence-electron chi connectivity index (χ3n) is 2.47. The minimum Gasteiger partial charge on any atom is -0.349 e. The Bertz CT molecular complexity index is 563. The predicted molar refractivity (Wildman–Crippen MR) is 58.5 cm³/mol. The van der Waals surface area contributed by atoms with Crippen molar-refractivity contribution in [3.63, 3.8) is 0 Å². The van der Waals surface area contributed by atoms with Crippen LogP contribution < -0.4 is 0 Å². The zero-order chi connectivity index (χ0) is 10.1. The van der Waals surface area contributed by atoms with Crippen molar-refractivity contribution in [1.82, 2.24) is 14.8 Å². The second kappa shape index (κ2) is 3.28. The smallest absolute Gasteiger partial charge is 0.0653 e. The fraction of sp³-hybridized carbons (Fsp3) is 0.0833. The van der Waals surface area contributed by atoms with Gasteiger partial charge in [0.2, 0.25) is 0 Å². The molecular weight excluding hydrogens is 186 g/mol. The average Bonchev–Trinajstić information content (AvgIpc) is 2.87. The van der Waals surface area contributed by atoms with Gasteiger partial charge in [0.1, 0.15) is 0 Å². The summed E-state index contributed by atoms with van der Waals surface area (Å²) < 4.78 is 2.09. The zero-order valence-corrected chi connectivity index (χ0v) is 8.14. The van der Waals surface area contributed by atoms with Crippen molar-refractivity contribution >= 4 is 10.9 Å². The Balaban J connectivity index is 1.97. The van der Waals surface area contributed by atoms with E-state index in [0.29, 0.717) is 0 Å². The number of hydrogen-bond donors (Lipinski definition) is 1. The number of aromatic amines is 1. The summed E-state index contributed by atoms with van der Waals surface area (Å²) in [7, 11) is 0. The number of fused-ring (bicyclic) bond motifs is 1. The van der Waals surface area contributed by atoms with Crippen molar-refractivity contribution in [3.8, 4) is 0 Å². The van der Waals surface area contributed by atoms with Gasteiger partial charge in [-0.3, -0.25) is 5.10 Å². The molecule has 0 bridgehead atoms. The van der Waals surface area contributed by atoms with E-state index in [4.69, 9.17) is 0 Å². The molecule has 0 saturated carbocycles. The number of benzene rings is 1. The number of aromatic nitrogens is 3. The molecule has 0 aliphatic rings. The van der Waals surface area contributed by atoms with Crippen LogP contribution in [0.25, 0.3) is 10.9 Å². The van der Waals surface area contributed by atoms with Crippen LogP contribution in [0.2, 0.25) is 0 Å². The highest BCUT2D eigenvalue weighted by atomic mass is 15.1. The molecular formula is C12H10N3. The van der Waals surface area contributed by atoms with Crippen LogP contribution in [-0.4, -0.2) is 14.8 Å². The van der Waals surface area contributed by atoms with Gasteiger partial charge in [0.25, 0.3) is 0 Å². The summed E-state index contributed by atoms with van der Waals surface area (Å²) in [5, 5.41) is 8.12. The predicted octanol–water partition coefficient (Wildman–Crippen LogP) is 2.21. The number of rotatable bonds is 2. The van der Waals surface area contributed by atoms with Gasteiger partial charge in [-0.05, 0) is 17.7 Å². The Morgan fingerprint density at radius 1 is 1.40 bits per heavy atom. The molecule has 15 heavy (non-hydrogen) atoms. The first-order valence-corrected chi connectivity index (χ1v) is 4.86. The van der Waals surface area contributed by atoms with Crippen LogP contribution in [0.4, 0.5) is 0 Å². The van der Waals surface area contributed by atoms with Gasteiger partial charge in [-0.15, -0.1) is 0 Å². The fourth-order valence-electron chi connectivity index (χ4n) is 1.71. The SMILES string of the molecule is [c]1ccn(Cc2ccc3cn[nH]c3c2)c1. The third-order valence-corrected chi connectivity index (χ3v) is 2.47. The molecule has 0 spiro atoms. The second-order valence-corrected chi connectivity index (χ2v) is 3.58. The normalized spacial score (nSPS) is 10.9. The lowest BCUT2D eigenvalue weighted by Crippen LogP contribution is -1.95. The summed E-state index contributed by atoms with van der Waals surface area (Å²) in [5.74, 6) is 0. The molecule has 0 unspecified atom stereocenters. The van der Waals surface area contributed by atoms with Gasteiger partial charge < -0.3 is 4.57 Å². The molecule has 2 heterocycles. The maximum Gasteiger partial charge on any atom is 0.0653 e. The minimum atomic E-state index is 0.873. The fourth-order valence-corrected chi connectivity index (χ4v) is 1.71. The molecule has 0 aliphatic heterocycles. The van der Waals surface area contributed by atoms with E-state index in [0.717, 1.165) is 17.4 Å². The molecule has 3 rings (SSSR count). The van der Waals surface area contributed by atoms with Gasteiger partial charge in [-0.25, -0.2) is 0 Å². The first kappa shape index (κ1) is 8.29. The van der Waals surface area contributed by atoms with Crippen molar-refractivity contribution in [1.29, 1.82) is 0 Å². The Hall–Kier alpha value is -2.03. The standard InChI is InChI=1S/C12H10N3/c1-2-6-15(5-1)9-10-3-4-11-8-13-14-12(11)7-10/h1,3-8H,9H2,(H,13,14). The quantitative estimate of drug-likeness (QED) is 0.669.